The van der Waals surface area contributed by atoms with E-state index >= 15 is 0 Å². The first-order chi connectivity index (χ1) is 12.9. The summed E-state index contributed by atoms with van der Waals surface area (Å²) >= 11 is 0. The van der Waals surface area contributed by atoms with Crippen molar-refractivity contribution in [3.63, 3.8) is 0 Å². The lowest BCUT2D eigenvalue weighted by molar-refractivity contribution is 0.0768. The number of amides is 1. The number of nitrogens with one attached hydrogen (secondary N) is 1. The fourth-order valence-electron chi connectivity index (χ4n) is 2.95. The van der Waals surface area contributed by atoms with Gasteiger partial charge in [0.05, 0.1) is 17.9 Å². The van der Waals surface area contributed by atoms with Gasteiger partial charge in [-0.15, -0.1) is 0 Å². The number of hydrogen-bond acceptors (Lipinski definition) is 4. The molecule has 0 saturated carbocycles. The van der Waals surface area contributed by atoms with Crippen LogP contribution in [-0.4, -0.2) is 51.0 Å². The molecule has 0 radical (unpaired) electrons. The number of aromatic nitrogens is 4. The molecule has 27 heavy (non-hydrogen) atoms. The Morgan fingerprint density at radius 3 is 2.56 bits per heavy atom. The second-order valence-electron chi connectivity index (χ2n) is 6.72. The average Bonchev–Trinajstić information content (AvgIpc) is 3.20. The van der Waals surface area contributed by atoms with Crippen LogP contribution < -0.4 is 4.74 Å². The number of carbonyl (C=O) groups is 1. The minimum Gasteiger partial charge on any atom is -0.492 e. The molecule has 7 heteroatoms. The molecule has 2 aromatic heterocycles. The average molecular weight is 367 g/mol. The molecule has 0 fully saturated rings. The summed E-state index contributed by atoms with van der Waals surface area (Å²) in [5, 5.41) is 11.5. The van der Waals surface area contributed by atoms with Gasteiger partial charge < -0.3 is 9.64 Å². The summed E-state index contributed by atoms with van der Waals surface area (Å²) in [5.41, 5.74) is 5.22. The third-order valence-corrected chi connectivity index (χ3v) is 4.64. The predicted molar refractivity (Wildman–Crippen MR) is 104 cm³/mol. The summed E-state index contributed by atoms with van der Waals surface area (Å²) in [6.07, 6.45) is 0. The molecule has 142 valence electrons. The van der Waals surface area contributed by atoms with Crippen molar-refractivity contribution in [2.45, 2.75) is 20.8 Å². The van der Waals surface area contributed by atoms with E-state index in [1.54, 1.807) is 18.0 Å². The van der Waals surface area contributed by atoms with Gasteiger partial charge in [0, 0.05) is 25.4 Å². The first kappa shape index (κ1) is 18.7. The number of aromatic amines is 1. The molecule has 0 aliphatic rings. The van der Waals surface area contributed by atoms with Gasteiger partial charge in [0.15, 0.2) is 0 Å². The molecular weight excluding hydrogens is 342 g/mol. The van der Waals surface area contributed by atoms with Gasteiger partial charge in [0.1, 0.15) is 18.1 Å². The number of likely N-dealkylation sites (N-methyl/N-ethyl adjacent to an activating group) is 1. The molecule has 1 amide bonds. The largest absolute Gasteiger partial charge is 0.492 e. The van der Waals surface area contributed by atoms with Crippen LogP contribution >= 0.6 is 0 Å². The predicted octanol–water partition coefficient (Wildman–Crippen LogP) is 2.89. The lowest BCUT2D eigenvalue weighted by atomic mass is 10.1. The van der Waals surface area contributed by atoms with Crippen LogP contribution in [0.15, 0.2) is 30.3 Å². The van der Waals surface area contributed by atoms with Crippen molar-refractivity contribution in [2.75, 3.05) is 20.2 Å². The fraction of sp³-hybridized carbons (Fsp3) is 0.350. The van der Waals surface area contributed by atoms with Gasteiger partial charge in [0.25, 0.3) is 5.91 Å². The maximum Gasteiger partial charge on any atom is 0.271 e. The molecule has 0 saturated heterocycles. The fourth-order valence-corrected chi connectivity index (χ4v) is 2.95. The first-order valence-corrected chi connectivity index (χ1v) is 8.87. The lowest BCUT2D eigenvalue weighted by Gasteiger charge is -2.16. The van der Waals surface area contributed by atoms with Crippen molar-refractivity contribution in [1.29, 1.82) is 0 Å². The Hall–Kier alpha value is -3.09. The van der Waals surface area contributed by atoms with Crippen LogP contribution in [-0.2, 0) is 7.05 Å². The minimum absolute atomic E-state index is 0.125. The molecule has 3 rings (SSSR count). The Kier molecular flexibility index (Phi) is 5.30. The second-order valence-corrected chi connectivity index (χ2v) is 6.72. The van der Waals surface area contributed by atoms with E-state index in [0.29, 0.717) is 18.8 Å². The quantitative estimate of drug-likeness (QED) is 0.727. The van der Waals surface area contributed by atoms with Crippen molar-refractivity contribution in [1.82, 2.24) is 24.9 Å². The monoisotopic (exact) mass is 367 g/mol. The van der Waals surface area contributed by atoms with Crippen molar-refractivity contribution >= 4 is 5.91 Å². The summed E-state index contributed by atoms with van der Waals surface area (Å²) in [6.45, 7) is 6.86. The van der Waals surface area contributed by atoms with Gasteiger partial charge in [-0.3, -0.25) is 14.6 Å². The van der Waals surface area contributed by atoms with E-state index < -0.39 is 0 Å². The number of ether oxygens (including phenoxy) is 1. The van der Waals surface area contributed by atoms with Crippen molar-refractivity contribution in [3.05, 3.63) is 53.0 Å². The molecule has 0 aliphatic carbocycles. The van der Waals surface area contributed by atoms with Crippen LogP contribution in [0.4, 0.5) is 0 Å². The van der Waals surface area contributed by atoms with Gasteiger partial charge >= 0.3 is 0 Å². The Balaban J connectivity index is 1.62. The smallest absolute Gasteiger partial charge is 0.271 e. The van der Waals surface area contributed by atoms with Crippen molar-refractivity contribution in [2.24, 2.45) is 7.05 Å². The van der Waals surface area contributed by atoms with Crippen LogP contribution in [0.25, 0.3) is 11.3 Å². The maximum absolute atomic E-state index is 12.6. The molecule has 1 N–H and O–H groups in total. The van der Waals surface area contributed by atoms with Crippen LogP contribution in [0.5, 0.6) is 5.75 Å². The normalized spacial score (nSPS) is 10.9. The number of aryl methyl sites for hydroxylation is 3. The minimum atomic E-state index is -0.125. The number of H-pyrrole nitrogens is 1. The summed E-state index contributed by atoms with van der Waals surface area (Å²) in [7, 11) is 3.65. The number of nitrogens with zero attached hydrogens (tertiary/aromatic N) is 4. The zero-order chi connectivity index (χ0) is 19.6. The molecule has 0 bridgehead atoms. The van der Waals surface area contributed by atoms with Crippen molar-refractivity contribution in [3.8, 4) is 17.0 Å². The van der Waals surface area contributed by atoms with Crippen LogP contribution in [0.3, 0.4) is 0 Å². The third kappa shape index (κ3) is 4.02. The highest BCUT2D eigenvalue weighted by molar-refractivity contribution is 5.93. The molecular formula is C20H25N5O2. The lowest BCUT2D eigenvalue weighted by Crippen LogP contribution is -2.31. The summed E-state index contributed by atoms with van der Waals surface area (Å²) in [6, 6.07) is 9.63. The summed E-state index contributed by atoms with van der Waals surface area (Å²) < 4.78 is 7.51. The third-order valence-electron chi connectivity index (χ3n) is 4.64. The van der Waals surface area contributed by atoms with E-state index in [0.717, 1.165) is 28.4 Å². The Morgan fingerprint density at radius 2 is 1.93 bits per heavy atom. The Labute approximate surface area is 159 Å². The first-order valence-electron chi connectivity index (χ1n) is 8.87. The Morgan fingerprint density at radius 1 is 1.22 bits per heavy atom. The van der Waals surface area contributed by atoms with E-state index in [4.69, 9.17) is 4.74 Å². The van der Waals surface area contributed by atoms with Crippen LogP contribution in [0.2, 0.25) is 0 Å². The molecule has 7 nitrogen and oxygen atoms in total. The number of rotatable bonds is 6. The van der Waals surface area contributed by atoms with E-state index in [-0.39, 0.29) is 5.91 Å². The molecule has 1 aromatic carbocycles. The maximum atomic E-state index is 12.6. The van der Waals surface area contributed by atoms with E-state index in [9.17, 15) is 4.79 Å². The number of benzene rings is 1. The van der Waals surface area contributed by atoms with Gasteiger partial charge in [-0.1, -0.05) is 17.7 Å². The summed E-state index contributed by atoms with van der Waals surface area (Å²) in [4.78, 5) is 14.2. The standard InChI is InChI=1S/C20H25N5O2/c1-13-6-8-16(9-7-13)27-11-10-24(4)20(26)18-12-17(21-22-18)19-14(2)23-25(5)15(19)3/h6-9,12H,10-11H2,1-5H3,(H,21,22). The van der Waals surface area contributed by atoms with Gasteiger partial charge in [-0.05, 0) is 39.0 Å². The SMILES string of the molecule is Cc1ccc(OCCN(C)C(=O)c2cc(-c3c(C)nn(C)c3C)n[nH]2)cc1. The number of carbonyl (C=O) groups excluding carboxylic acids is 1. The summed E-state index contributed by atoms with van der Waals surface area (Å²) in [5.74, 6) is 0.674. The number of hydrogen-bond donors (Lipinski definition) is 1. The van der Waals surface area contributed by atoms with Gasteiger partial charge in [-0.2, -0.15) is 10.2 Å². The Bertz CT molecular complexity index is 940. The van der Waals surface area contributed by atoms with Crippen molar-refractivity contribution < 1.29 is 9.53 Å². The molecule has 2 heterocycles. The van der Waals surface area contributed by atoms with E-state index in [1.165, 1.54) is 5.56 Å². The zero-order valence-corrected chi connectivity index (χ0v) is 16.4. The second kappa shape index (κ2) is 7.65. The zero-order valence-electron chi connectivity index (χ0n) is 16.4. The van der Waals surface area contributed by atoms with Gasteiger partial charge in [-0.25, -0.2) is 0 Å². The highest BCUT2D eigenvalue weighted by Crippen LogP contribution is 2.25. The van der Waals surface area contributed by atoms with Gasteiger partial charge in [0.2, 0.25) is 0 Å². The highest BCUT2D eigenvalue weighted by atomic mass is 16.5. The molecule has 0 unspecified atom stereocenters. The van der Waals surface area contributed by atoms with E-state index in [2.05, 4.69) is 15.3 Å². The highest BCUT2D eigenvalue weighted by Gasteiger charge is 2.19. The molecule has 0 spiro atoms. The molecule has 0 aliphatic heterocycles. The molecule has 3 aromatic rings. The van der Waals surface area contributed by atoms with Crippen LogP contribution in [0.1, 0.15) is 27.4 Å². The van der Waals surface area contributed by atoms with E-state index in [1.807, 2.05) is 56.8 Å². The molecule has 0 atom stereocenters. The topological polar surface area (TPSA) is 76.0 Å². The van der Waals surface area contributed by atoms with Crippen LogP contribution in [0, 0.1) is 20.8 Å².